The highest BCUT2D eigenvalue weighted by molar-refractivity contribution is 7.99. The van der Waals surface area contributed by atoms with E-state index in [1.807, 2.05) is 6.92 Å². The molecule has 2 aromatic heterocycles. The van der Waals surface area contributed by atoms with Gasteiger partial charge in [0.05, 0.1) is 11.3 Å². The standard InChI is InChI=1S/C18H16N4O5S2/c1-2-22-16(24)15-11(5-6-28-15)20-18(22)29-8-14(23)21-17(25)19-10-3-4-12-13(7-10)27-9-26-12/h3-7H,2,8-9H2,1H3,(H2,19,21,23,25). The first-order valence-corrected chi connectivity index (χ1v) is 10.5. The van der Waals surface area contributed by atoms with Crippen molar-refractivity contribution in [3.05, 3.63) is 40.0 Å². The number of rotatable bonds is 5. The van der Waals surface area contributed by atoms with Crippen LogP contribution in [-0.4, -0.2) is 34.0 Å². The van der Waals surface area contributed by atoms with E-state index in [-0.39, 0.29) is 18.1 Å². The summed E-state index contributed by atoms with van der Waals surface area (Å²) in [5, 5.41) is 7.07. The van der Waals surface area contributed by atoms with Gasteiger partial charge in [0.15, 0.2) is 16.7 Å². The van der Waals surface area contributed by atoms with Gasteiger partial charge in [-0.1, -0.05) is 11.8 Å². The fourth-order valence-electron chi connectivity index (χ4n) is 2.74. The number of thioether (sulfide) groups is 1. The molecule has 0 saturated carbocycles. The number of urea groups is 1. The zero-order valence-electron chi connectivity index (χ0n) is 15.3. The Hall–Kier alpha value is -3.05. The number of nitrogens with one attached hydrogen (secondary N) is 2. The smallest absolute Gasteiger partial charge is 0.325 e. The maximum Gasteiger partial charge on any atom is 0.325 e. The third-order valence-electron chi connectivity index (χ3n) is 4.06. The number of nitrogens with zero attached hydrogens (tertiary/aromatic N) is 2. The van der Waals surface area contributed by atoms with Crippen LogP contribution >= 0.6 is 23.1 Å². The van der Waals surface area contributed by atoms with Gasteiger partial charge in [0.1, 0.15) is 4.70 Å². The SMILES string of the molecule is CCn1c(SCC(=O)NC(=O)Nc2ccc3c(c2)OCO3)nc2ccsc2c1=O. The summed E-state index contributed by atoms with van der Waals surface area (Å²) in [4.78, 5) is 41.1. The van der Waals surface area contributed by atoms with E-state index in [2.05, 4.69) is 15.6 Å². The maximum absolute atomic E-state index is 12.5. The van der Waals surface area contributed by atoms with E-state index in [9.17, 15) is 14.4 Å². The molecule has 0 spiro atoms. The third kappa shape index (κ3) is 4.05. The minimum absolute atomic E-state index is 0.0589. The van der Waals surface area contributed by atoms with Crippen molar-refractivity contribution in [3.63, 3.8) is 0 Å². The van der Waals surface area contributed by atoms with Crippen LogP contribution in [0.15, 0.2) is 39.6 Å². The van der Waals surface area contributed by atoms with Gasteiger partial charge < -0.3 is 14.8 Å². The number of ether oxygens (including phenoxy) is 2. The van der Waals surface area contributed by atoms with Gasteiger partial charge in [0, 0.05) is 18.3 Å². The molecular formula is C18H16N4O5S2. The van der Waals surface area contributed by atoms with Gasteiger partial charge in [-0.15, -0.1) is 11.3 Å². The molecule has 0 radical (unpaired) electrons. The number of hydrogen-bond acceptors (Lipinski definition) is 8. The molecule has 1 aliphatic rings. The monoisotopic (exact) mass is 432 g/mol. The Labute approximate surface area is 173 Å². The van der Waals surface area contributed by atoms with Crippen LogP contribution in [0.4, 0.5) is 10.5 Å². The molecule has 0 unspecified atom stereocenters. The Kier molecular flexibility index (Phi) is 5.41. The van der Waals surface area contributed by atoms with Crippen LogP contribution in [0, 0.1) is 0 Å². The molecule has 0 bridgehead atoms. The van der Waals surface area contributed by atoms with E-state index >= 15 is 0 Å². The summed E-state index contributed by atoms with van der Waals surface area (Å²) < 4.78 is 12.6. The maximum atomic E-state index is 12.5. The number of hydrogen-bond donors (Lipinski definition) is 2. The lowest BCUT2D eigenvalue weighted by Gasteiger charge is -2.10. The highest BCUT2D eigenvalue weighted by Crippen LogP contribution is 2.34. The molecule has 3 heterocycles. The van der Waals surface area contributed by atoms with Gasteiger partial charge in [0.25, 0.3) is 5.56 Å². The molecule has 4 rings (SSSR count). The van der Waals surface area contributed by atoms with Gasteiger partial charge in [-0.3, -0.25) is 19.5 Å². The van der Waals surface area contributed by atoms with E-state index in [4.69, 9.17) is 9.47 Å². The summed E-state index contributed by atoms with van der Waals surface area (Å²) in [6.07, 6.45) is 0. The fraction of sp³-hybridized carbons (Fsp3) is 0.222. The van der Waals surface area contributed by atoms with E-state index < -0.39 is 11.9 Å². The van der Waals surface area contributed by atoms with Crippen molar-refractivity contribution >= 4 is 50.9 Å². The summed E-state index contributed by atoms with van der Waals surface area (Å²) in [5.74, 6) is 0.560. The van der Waals surface area contributed by atoms with Crippen molar-refractivity contribution in [1.82, 2.24) is 14.9 Å². The lowest BCUT2D eigenvalue weighted by atomic mass is 10.3. The Balaban J connectivity index is 1.37. The van der Waals surface area contributed by atoms with Gasteiger partial charge in [-0.05, 0) is 30.5 Å². The molecule has 29 heavy (non-hydrogen) atoms. The number of carbonyl (C=O) groups is 2. The number of aromatic nitrogens is 2. The van der Waals surface area contributed by atoms with Crippen molar-refractivity contribution in [3.8, 4) is 11.5 Å². The Morgan fingerprint density at radius 2 is 2.10 bits per heavy atom. The molecule has 0 saturated heterocycles. The molecule has 3 aromatic rings. The minimum Gasteiger partial charge on any atom is -0.454 e. The van der Waals surface area contributed by atoms with Gasteiger partial charge >= 0.3 is 6.03 Å². The normalized spacial score (nSPS) is 12.2. The van der Waals surface area contributed by atoms with Crippen LogP contribution in [-0.2, 0) is 11.3 Å². The zero-order valence-corrected chi connectivity index (χ0v) is 16.9. The summed E-state index contributed by atoms with van der Waals surface area (Å²) >= 11 is 2.44. The number of anilines is 1. The largest absolute Gasteiger partial charge is 0.454 e. The highest BCUT2D eigenvalue weighted by atomic mass is 32.2. The lowest BCUT2D eigenvalue weighted by molar-refractivity contribution is -0.117. The summed E-state index contributed by atoms with van der Waals surface area (Å²) in [6, 6.07) is 6.03. The third-order valence-corrected chi connectivity index (χ3v) is 5.93. The molecule has 9 nitrogen and oxygen atoms in total. The van der Waals surface area contributed by atoms with Crippen LogP contribution in [0.3, 0.4) is 0 Å². The quantitative estimate of drug-likeness (QED) is 0.471. The van der Waals surface area contributed by atoms with Gasteiger partial charge in [-0.2, -0.15) is 0 Å². The van der Waals surface area contributed by atoms with Crippen molar-refractivity contribution in [2.45, 2.75) is 18.6 Å². The zero-order chi connectivity index (χ0) is 20.4. The number of amides is 3. The van der Waals surface area contributed by atoms with Crippen molar-refractivity contribution in [1.29, 1.82) is 0 Å². The molecule has 3 amide bonds. The van der Waals surface area contributed by atoms with E-state index in [1.165, 1.54) is 15.9 Å². The summed E-state index contributed by atoms with van der Waals surface area (Å²) in [5.41, 5.74) is 0.945. The minimum atomic E-state index is -0.663. The van der Waals surface area contributed by atoms with Crippen LogP contribution < -0.4 is 25.7 Å². The lowest BCUT2D eigenvalue weighted by Crippen LogP contribution is -2.35. The summed E-state index contributed by atoms with van der Waals surface area (Å²) in [6.45, 7) is 2.41. The molecule has 1 aliphatic heterocycles. The van der Waals surface area contributed by atoms with Gasteiger partial charge in [0.2, 0.25) is 12.7 Å². The summed E-state index contributed by atoms with van der Waals surface area (Å²) in [7, 11) is 0. The van der Waals surface area contributed by atoms with Crippen LogP contribution in [0.2, 0.25) is 0 Å². The first kappa shape index (κ1) is 19.3. The average Bonchev–Trinajstić information content (AvgIpc) is 3.35. The number of benzene rings is 1. The molecule has 2 N–H and O–H groups in total. The van der Waals surface area contributed by atoms with Crippen LogP contribution in [0.5, 0.6) is 11.5 Å². The van der Waals surface area contributed by atoms with E-state index in [0.29, 0.717) is 39.1 Å². The topological polar surface area (TPSA) is 112 Å². The van der Waals surface area contributed by atoms with Crippen molar-refractivity contribution in [2.75, 3.05) is 17.9 Å². The second-order valence-corrected chi connectivity index (χ2v) is 7.80. The predicted octanol–water partition coefficient (Wildman–Crippen LogP) is 2.65. The first-order chi connectivity index (χ1) is 14.0. The molecule has 0 atom stereocenters. The molecule has 150 valence electrons. The molecule has 11 heteroatoms. The molecule has 1 aromatic carbocycles. The van der Waals surface area contributed by atoms with Crippen molar-refractivity contribution in [2.24, 2.45) is 0 Å². The highest BCUT2D eigenvalue weighted by Gasteiger charge is 2.16. The molecular weight excluding hydrogens is 416 g/mol. The number of imide groups is 1. The van der Waals surface area contributed by atoms with Crippen LogP contribution in [0.1, 0.15) is 6.92 Å². The first-order valence-electron chi connectivity index (χ1n) is 8.66. The number of fused-ring (bicyclic) bond motifs is 2. The Bertz CT molecular complexity index is 1160. The van der Waals surface area contributed by atoms with Crippen LogP contribution in [0.25, 0.3) is 10.2 Å². The van der Waals surface area contributed by atoms with E-state index in [1.54, 1.807) is 29.6 Å². The average molecular weight is 432 g/mol. The Morgan fingerprint density at radius 1 is 1.28 bits per heavy atom. The predicted molar refractivity (Wildman–Crippen MR) is 110 cm³/mol. The second-order valence-electron chi connectivity index (χ2n) is 5.94. The second kappa shape index (κ2) is 8.13. The van der Waals surface area contributed by atoms with E-state index in [0.717, 1.165) is 11.8 Å². The number of carbonyl (C=O) groups excluding carboxylic acids is 2. The Morgan fingerprint density at radius 3 is 2.93 bits per heavy atom. The molecule has 0 aliphatic carbocycles. The van der Waals surface area contributed by atoms with Crippen molar-refractivity contribution < 1.29 is 19.1 Å². The molecule has 0 fully saturated rings. The fourth-order valence-corrected chi connectivity index (χ4v) is 4.38. The van der Waals surface area contributed by atoms with Gasteiger partial charge in [-0.25, -0.2) is 9.78 Å². The number of thiophene rings is 1.